The summed E-state index contributed by atoms with van der Waals surface area (Å²) in [4.78, 5) is 2.50. The van der Waals surface area contributed by atoms with E-state index in [2.05, 4.69) is 17.0 Å². The normalized spacial score (nSPS) is 33.1. The minimum atomic E-state index is 0.130. The van der Waals surface area contributed by atoms with Crippen LogP contribution in [0.3, 0.4) is 0 Å². The van der Waals surface area contributed by atoms with Crippen LogP contribution in [0.15, 0.2) is 5.16 Å². The van der Waals surface area contributed by atoms with Gasteiger partial charge >= 0.3 is 0 Å². The maximum Gasteiger partial charge on any atom is 0.156 e. The quantitative estimate of drug-likeness (QED) is 0.343. The van der Waals surface area contributed by atoms with E-state index in [1.165, 1.54) is 38.5 Å². The van der Waals surface area contributed by atoms with Crippen molar-refractivity contribution < 1.29 is 5.21 Å². The molecule has 2 rings (SSSR count). The lowest BCUT2D eigenvalue weighted by atomic mass is 9.77. The fourth-order valence-electron chi connectivity index (χ4n) is 3.73. The third-order valence-corrected chi connectivity index (χ3v) is 4.53. The number of oxime groups is 1. The first-order chi connectivity index (χ1) is 8.27. The molecule has 98 valence electrons. The predicted octanol–water partition coefficient (Wildman–Crippen LogP) is 2.17. The zero-order valence-electron chi connectivity index (χ0n) is 10.8. The number of nitrogens with zero attached hydrogens (tertiary/aromatic N) is 2. The van der Waals surface area contributed by atoms with Crippen molar-refractivity contribution in [2.75, 3.05) is 6.54 Å². The maximum absolute atomic E-state index is 8.90. The summed E-state index contributed by atoms with van der Waals surface area (Å²) in [6.07, 6.45) is 8.94. The number of amidine groups is 1. The Bertz CT molecular complexity index is 278. The van der Waals surface area contributed by atoms with Gasteiger partial charge in [0.2, 0.25) is 0 Å². The van der Waals surface area contributed by atoms with E-state index in [0.29, 0.717) is 11.9 Å². The molecule has 4 heteroatoms. The Balaban J connectivity index is 2.11. The van der Waals surface area contributed by atoms with E-state index in [9.17, 15) is 0 Å². The molecule has 0 spiro atoms. The van der Waals surface area contributed by atoms with Gasteiger partial charge in [0.1, 0.15) is 0 Å². The second-order valence-corrected chi connectivity index (χ2v) is 5.44. The Kier molecular flexibility index (Phi) is 4.26. The third-order valence-electron chi connectivity index (χ3n) is 4.53. The van der Waals surface area contributed by atoms with Crippen LogP contribution >= 0.6 is 0 Å². The molecule has 0 radical (unpaired) electrons. The second-order valence-electron chi connectivity index (χ2n) is 5.44. The molecule has 4 nitrogen and oxygen atoms in total. The highest BCUT2D eigenvalue weighted by Crippen LogP contribution is 2.36. The van der Waals surface area contributed by atoms with Crippen LogP contribution in [0, 0.1) is 5.92 Å². The molecule has 1 saturated heterocycles. The van der Waals surface area contributed by atoms with Crippen molar-refractivity contribution in [3.8, 4) is 0 Å². The smallest absolute Gasteiger partial charge is 0.156 e. The summed E-state index contributed by atoms with van der Waals surface area (Å²) in [5.74, 6) is 1.23. The predicted molar refractivity (Wildman–Crippen MR) is 69.2 cm³/mol. The molecule has 0 aromatic carbocycles. The van der Waals surface area contributed by atoms with Crippen LogP contribution in [0.4, 0.5) is 0 Å². The zero-order valence-corrected chi connectivity index (χ0v) is 10.8. The van der Waals surface area contributed by atoms with Crippen LogP contribution in [0.25, 0.3) is 0 Å². The van der Waals surface area contributed by atoms with Crippen molar-refractivity contribution in [2.24, 2.45) is 16.8 Å². The molecule has 17 heavy (non-hydrogen) atoms. The van der Waals surface area contributed by atoms with E-state index in [-0.39, 0.29) is 6.04 Å². The molecule has 0 aromatic rings. The fraction of sp³-hybridized carbons (Fsp3) is 0.923. The first kappa shape index (κ1) is 12.7. The number of piperidine rings is 1. The molecular formula is C13H25N3O. The topological polar surface area (TPSA) is 61.9 Å². The van der Waals surface area contributed by atoms with Gasteiger partial charge in [0.15, 0.2) is 5.84 Å². The van der Waals surface area contributed by atoms with Crippen molar-refractivity contribution in [3.63, 3.8) is 0 Å². The van der Waals surface area contributed by atoms with Crippen LogP contribution in [-0.4, -0.2) is 34.6 Å². The Hall–Kier alpha value is -0.770. The van der Waals surface area contributed by atoms with Gasteiger partial charge in [0.05, 0.1) is 6.04 Å². The van der Waals surface area contributed by atoms with Crippen molar-refractivity contribution in [1.29, 1.82) is 0 Å². The average Bonchev–Trinajstić information content (AvgIpc) is 2.39. The van der Waals surface area contributed by atoms with Crippen LogP contribution in [-0.2, 0) is 0 Å². The molecular weight excluding hydrogens is 214 g/mol. The van der Waals surface area contributed by atoms with Gasteiger partial charge in [-0.3, -0.25) is 4.90 Å². The van der Waals surface area contributed by atoms with Crippen molar-refractivity contribution in [1.82, 2.24) is 4.90 Å². The summed E-state index contributed by atoms with van der Waals surface area (Å²) in [6, 6.07) is 0.800. The monoisotopic (exact) mass is 239 g/mol. The molecule has 0 aromatic heterocycles. The van der Waals surface area contributed by atoms with Gasteiger partial charge < -0.3 is 10.9 Å². The van der Waals surface area contributed by atoms with E-state index in [1.807, 2.05) is 0 Å². The zero-order chi connectivity index (χ0) is 12.3. The minimum absolute atomic E-state index is 0.130. The van der Waals surface area contributed by atoms with Crippen LogP contribution < -0.4 is 5.73 Å². The summed E-state index contributed by atoms with van der Waals surface area (Å²) in [6.45, 7) is 3.23. The van der Waals surface area contributed by atoms with E-state index in [4.69, 9.17) is 10.9 Å². The summed E-state index contributed by atoms with van der Waals surface area (Å²) < 4.78 is 0. The van der Waals surface area contributed by atoms with Gasteiger partial charge in [-0.25, -0.2) is 0 Å². The lowest BCUT2D eigenvalue weighted by Gasteiger charge is -2.47. The van der Waals surface area contributed by atoms with Gasteiger partial charge in [-0.2, -0.15) is 0 Å². The fourth-order valence-corrected chi connectivity index (χ4v) is 3.73. The van der Waals surface area contributed by atoms with E-state index in [1.54, 1.807) is 0 Å². The number of hydrogen-bond acceptors (Lipinski definition) is 3. The molecule has 2 fully saturated rings. The number of nitrogens with two attached hydrogens (primary N) is 1. The van der Waals surface area contributed by atoms with E-state index in [0.717, 1.165) is 18.9 Å². The largest absolute Gasteiger partial charge is 0.409 e. The third kappa shape index (κ3) is 2.57. The van der Waals surface area contributed by atoms with Crippen LogP contribution in [0.5, 0.6) is 0 Å². The average molecular weight is 239 g/mol. The van der Waals surface area contributed by atoms with Gasteiger partial charge in [0.25, 0.3) is 0 Å². The Morgan fingerprint density at radius 2 is 2.06 bits per heavy atom. The van der Waals surface area contributed by atoms with Gasteiger partial charge in [-0.1, -0.05) is 24.9 Å². The van der Waals surface area contributed by atoms with Gasteiger partial charge in [-0.15, -0.1) is 0 Å². The first-order valence-corrected chi connectivity index (χ1v) is 7.01. The minimum Gasteiger partial charge on any atom is -0.409 e. The number of fused-ring (bicyclic) bond motifs is 1. The van der Waals surface area contributed by atoms with E-state index < -0.39 is 0 Å². The van der Waals surface area contributed by atoms with Gasteiger partial charge in [0, 0.05) is 6.04 Å². The molecule has 2 aliphatic rings. The molecule has 0 amide bonds. The number of rotatable bonds is 3. The highest BCUT2D eigenvalue weighted by molar-refractivity contribution is 5.85. The standard InChI is InChI=1S/C13H25N3O/c1-2-11(13(14)15-17)16-9-5-7-10-6-3-4-8-12(10)16/h10-12,17H,2-9H2,1H3,(H2,14,15)/t10-,11?,12-/m1/s1. The van der Waals surface area contributed by atoms with Crippen LogP contribution in [0.1, 0.15) is 51.9 Å². The summed E-state index contributed by atoms with van der Waals surface area (Å²) in [5, 5.41) is 12.1. The molecule has 1 aliphatic heterocycles. The lowest BCUT2D eigenvalue weighted by molar-refractivity contribution is 0.0434. The molecule has 1 saturated carbocycles. The molecule has 1 unspecified atom stereocenters. The van der Waals surface area contributed by atoms with Crippen molar-refractivity contribution >= 4 is 5.84 Å². The molecule has 3 N–H and O–H groups in total. The summed E-state index contributed by atoms with van der Waals surface area (Å²) >= 11 is 0. The Labute approximate surface area is 104 Å². The Morgan fingerprint density at radius 3 is 2.76 bits per heavy atom. The van der Waals surface area contributed by atoms with E-state index >= 15 is 0 Å². The summed E-state index contributed by atoms with van der Waals surface area (Å²) in [7, 11) is 0. The molecule has 0 bridgehead atoms. The number of likely N-dealkylation sites (tertiary alicyclic amines) is 1. The maximum atomic E-state index is 8.90. The highest BCUT2D eigenvalue weighted by Gasteiger charge is 2.37. The highest BCUT2D eigenvalue weighted by atomic mass is 16.4. The molecule has 1 heterocycles. The first-order valence-electron chi connectivity index (χ1n) is 7.01. The lowest BCUT2D eigenvalue weighted by Crippen LogP contribution is -2.55. The van der Waals surface area contributed by atoms with Crippen molar-refractivity contribution in [3.05, 3.63) is 0 Å². The Morgan fingerprint density at radius 1 is 1.35 bits per heavy atom. The van der Waals surface area contributed by atoms with Crippen LogP contribution in [0.2, 0.25) is 0 Å². The van der Waals surface area contributed by atoms with Crippen molar-refractivity contribution in [2.45, 2.75) is 64.0 Å². The molecule has 3 atom stereocenters. The SMILES string of the molecule is CCC(C(N)=NO)N1CCC[C@H]2CCCC[C@H]21. The molecule has 1 aliphatic carbocycles. The second kappa shape index (κ2) is 5.71. The van der Waals surface area contributed by atoms with Gasteiger partial charge in [-0.05, 0) is 44.6 Å². The summed E-state index contributed by atoms with van der Waals surface area (Å²) in [5.41, 5.74) is 5.84. The number of hydrogen-bond donors (Lipinski definition) is 2.